The van der Waals surface area contributed by atoms with Gasteiger partial charge in [-0.05, 0) is 55.7 Å². The number of fused-ring (bicyclic) bond motifs is 1. The molecule has 3 aromatic rings. The second-order valence-electron chi connectivity index (χ2n) is 5.12. The van der Waals surface area contributed by atoms with Crippen LogP contribution in [0.3, 0.4) is 0 Å². The van der Waals surface area contributed by atoms with Gasteiger partial charge in [-0.2, -0.15) is 0 Å². The fourth-order valence-electron chi connectivity index (χ4n) is 2.59. The number of nitrogens with one attached hydrogen (secondary N) is 1. The van der Waals surface area contributed by atoms with Crippen molar-refractivity contribution in [1.82, 2.24) is 4.98 Å². The molecular weight excluding hydrogens is 234 g/mol. The first-order chi connectivity index (χ1) is 9.13. The van der Waals surface area contributed by atoms with E-state index >= 15 is 0 Å². The Morgan fingerprint density at radius 1 is 1.05 bits per heavy atom. The van der Waals surface area contributed by atoms with Crippen molar-refractivity contribution < 1.29 is 5.11 Å². The zero-order chi connectivity index (χ0) is 13.4. The molecule has 0 saturated heterocycles. The van der Waals surface area contributed by atoms with E-state index in [0.29, 0.717) is 5.75 Å². The van der Waals surface area contributed by atoms with Crippen LogP contribution in [0, 0.1) is 13.8 Å². The van der Waals surface area contributed by atoms with Gasteiger partial charge >= 0.3 is 0 Å². The number of hydrogen-bond donors (Lipinski definition) is 2. The summed E-state index contributed by atoms with van der Waals surface area (Å²) in [5.41, 5.74) is 6.08. The maximum atomic E-state index is 9.56. The molecule has 0 bridgehead atoms. The van der Waals surface area contributed by atoms with Crippen molar-refractivity contribution in [2.24, 2.45) is 0 Å². The number of aromatic amines is 1. The Hall–Kier alpha value is -2.22. The normalized spacial score (nSPS) is 11.1. The molecule has 0 saturated carbocycles. The SMILES string of the molecule is Cc1ccc2[nH]c(C)c(Cc3cccc(O)c3)c2c1. The molecule has 0 aliphatic heterocycles. The van der Waals surface area contributed by atoms with E-state index in [1.165, 1.54) is 27.7 Å². The van der Waals surface area contributed by atoms with Crippen LogP contribution in [0.25, 0.3) is 10.9 Å². The van der Waals surface area contributed by atoms with Gasteiger partial charge in [0.25, 0.3) is 0 Å². The molecule has 0 fully saturated rings. The van der Waals surface area contributed by atoms with E-state index in [1.54, 1.807) is 6.07 Å². The molecule has 2 N–H and O–H groups in total. The van der Waals surface area contributed by atoms with E-state index in [2.05, 4.69) is 37.0 Å². The fourth-order valence-corrected chi connectivity index (χ4v) is 2.59. The number of aromatic nitrogens is 1. The average Bonchev–Trinajstić information content (AvgIpc) is 2.66. The number of phenols is 1. The number of aryl methyl sites for hydroxylation is 2. The molecular formula is C17H17NO. The second-order valence-corrected chi connectivity index (χ2v) is 5.12. The lowest BCUT2D eigenvalue weighted by atomic mass is 10.0. The third-order valence-electron chi connectivity index (χ3n) is 3.57. The first-order valence-corrected chi connectivity index (χ1v) is 6.49. The quantitative estimate of drug-likeness (QED) is 0.707. The molecule has 0 aliphatic rings. The minimum Gasteiger partial charge on any atom is -0.508 e. The number of benzene rings is 2. The van der Waals surface area contributed by atoms with Crippen LogP contribution in [0.2, 0.25) is 0 Å². The molecule has 0 atom stereocenters. The molecule has 0 spiro atoms. The van der Waals surface area contributed by atoms with Crippen molar-refractivity contribution in [3.63, 3.8) is 0 Å². The maximum absolute atomic E-state index is 9.56. The van der Waals surface area contributed by atoms with Gasteiger partial charge < -0.3 is 10.1 Å². The van der Waals surface area contributed by atoms with Gasteiger partial charge in [-0.15, -0.1) is 0 Å². The van der Waals surface area contributed by atoms with Gasteiger partial charge in [-0.25, -0.2) is 0 Å². The molecule has 2 heteroatoms. The van der Waals surface area contributed by atoms with Crippen molar-refractivity contribution in [3.8, 4) is 5.75 Å². The Kier molecular flexibility index (Phi) is 2.79. The lowest BCUT2D eigenvalue weighted by molar-refractivity contribution is 0.474. The van der Waals surface area contributed by atoms with Gasteiger partial charge in [0.15, 0.2) is 0 Å². The highest BCUT2D eigenvalue weighted by atomic mass is 16.3. The fraction of sp³-hybridized carbons (Fsp3) is 0.176. The highest BCUT2D eigenvalue weighted by Crippen LogP contribution is 2.26. The Balaban J connectivity index is 2.09. The van der Waals surface area contributed by atoms with E-state index in [-0.39, 0.29) is 0 Å². The van der Waals surface area contributed by atoms with E-state index in [9.17, 15) is 5.11 Å². The van der Waals surface area contributed by atoms with Crippen molar-refractivity contribution >= 4 is 10.9 Å². The molecule has 0 amide bonds. The third-order valence-corrected chi connectivity index (χ3v) is 3.57. The number of hydrogen-bond acceptors (Lipinski definition) is 1. The summed E-state index contributed by atoms with van der Waals surface area (Å²) in [6.07, 6.45) is 0.837. The van der Waals surface area contributed by atoms with Crippen LogP contribution in [-0.2, 0) is 6.42 Å². The lowest BCUT2D eigenvalue weighted by Gasteiger charge is -2.03. The maximum Gasteiger partial charge on any atom is 0.115 e. The molecule has 3 rings (SSSR count). The van der Waals surface area contributed by atoms with Crippen LogP contribution in [-0.4, -0.2) is 10.1 Å². The number of aromatic hydroxyl groups is 1. The van der Waals surface area contributed by atoms with Gasteiger partial charge in [0.1, 0.15) is 5.75 Å². The minimum atomic E-state index is 0.325. The molecule has 2 nitrogen and oxygen atoms in total. The van der Waals surface area contributed by atoms with Gasteiger partial charge in [-0.3, -0.25) is 0 Å². The number of H-pyrrole nitrogens is 1. The highest BCUT2D eigenvalue weighted by Gasteiger charge is 2.09. The summed E-state index contributed by atoms with van der Waals surface area (Å²) in [5.74, 6) is 0.325. The summed E-state index contributed by atoms with van der Waals surface area (Å²) in [5, 5.41) is 10.8. The molecule has 96 valence electrons. The molecule has 1 aromatic heterocycles. The lowest BCUT2D eigenvalue weighted by Crippen LogP contribution is -1.89. The summed E-state index contributed by atoms with van der Waals surface area (Å²) in [6, 6.07) is 13.9. The number of phenolic OH excluding ortho intramolecular Hbond substituents is 1. The van der Waals surface area contributed by atoms with Crippen LogP contribution in [0.4, 0.5) is 0 Å². The highest BCUT2D eigenvalue weighted by molar-refractivity contribution is 5.85. The van der Waals surface area contributed by atoms with Crippen LogP contribution in [0.5, 0.6) is 5.75 Å². The zero-order valence-corrected chi connectivity index (χ0v) is 11.2. The van der Waals surface area contributed by atoms with Crippen molar-refractivity contribution in [2.75, 3.05) is 0 Å². The number of rotatable bonds is 2. The first-order valence-electron chi connectivity index (χ1n) is 6.49. The summed E-state index contributed by atoms with van der Waals surface area (Å²) >= 11 is 0. The monoisotopic (exact) mass is 251 g/mol. The van der Waals surface area contributed by atoms with Gasteiger partial charge in [0.2, 0.25) is 0 Å². The smallest absolute Gasteiger partial charge is 0.115 e. The summed E-state index contributed by atoms with van der Waals surface area (Å²) in [6.45, 7) is 4.22. The summed E-state index contributed by atoms with van der Waals surface area (Å²) in [7, 11) is 0. The Labute approximate surface area is 112 Å². The van der Waals surface area contributed by atoms with Crippen LogP contribution < -0.4 is 0 Å². The van der Waals surface area contributed by atoms with Crippen molar-refractivity contribution in [1.29, 1.82) is 0 Å². The van der Waals surface area contributed by atoms with Gasteiger partial charge in [0.05, 0.1) is 0 Å². The third kappa shape index (κ3) is 2.22. The molecule has 19 heavy (non-hydrogen) atoms. The average molecular weight is 251 g/mol. The van der Waals surface area contributed by atoms with Gasteiger partial charge in [0, 0.05) is 16.6 Å². The molecule has 2 aromatic carbocycles. The molecule has 0 unspecified atom stereocenters. The van der Waals surface area contributed by atoms with E-state index in [1.807, 2.05) is 18.2 Å². The first kappa shape index (κ1) is 11.8. The predicted octanol–water partition coefficient (Wildman–Crippen LogP) is 4.08. The van der Waals surface area contributed by atoms with E-state index < -0.39 is 0 Å². The van der Waals surface area contributed by atoms with Crippen LogP contribution in [0.1, 0.15) is 22.4 Å². The van der Waals surface area contributed by atoms with E-state index in [4.69, 9.17) is 0 Å². The zero-order valence-electron chi connectivity index (χ0n) is 11.2. The minimum absolute atomic E-state index is 0.325. The van der Waals surface area contributed by atoms with Crippen LogP contribution >= 0.6 is 0 Å². The second kappa shape index (κ2) is 4.47. The topological polar surface area (TPSA) is 36.0 Å². The summed E-state index contributed by atoms with van der Waals surface area (Å²) < 4.78 is 0. The predicted molar refractivity (Wildman–Crippen MR) is 78.7 cm³/mol. The van der Waals surface area contributed by atoms with E-state index in [0.717, 1.165) is 12.0 Å². The van der Waals surface area contributed by atoms with Gasteiger partial charge in [-0.1, -0.05) is 23.8 Å². The van der Waals surface area contributed by atoms with Crippen LogP contribution in [0.15, 0.2) is 42.5 Å². The largest absolute Gasteiger partial charge is 0.508 e. The standard InChI is InChI=1S/C17H17NO/c1-11-6-7-17-16(8-11)15(12(2)18-17)10-13-4-3-5-14(19)9-13/h3-9,18-19H,10H2,1-2H3. The Morgan fingerprint density at radius 2 is 1.89 bits per heavy atom. The molecule has 0 radical (unpaired) electrons. The van der Waals surface area contributed by atoms with Crippen molar-refractivity contribution in [2.45, 2.75) is 20.3 Å². The summed E-state index contributed by atoms with van der Waals surface area (Å²) in [4.78, 5) is 3.43. The Morgan fingerprint density at radius 3 is 2.68 bits per heavy atom. The molecule has 0 aliphatic carbocycles. The molecule has 1 heterocycles. The Bertz CT molecular complexity index is 740. The van der Waals surface area contributed by atoms with Crippen molar-refractivity contribution in [3.05, 3.63) is 64.8 Å².